The topological polar surface area (TPSA) is 57.4 Å². The summed E-state index contributed by atoms with van der Waals surface area (Å²) in [6, 6.07) is 35.1. The van der Waals surface area contributed by atoms with Crippen molar-refractivity contribution in [3.05, 3.63) is 164 Å². The van der Waals surface area contributed by atoms with E-state index in [-0.39, 0.29) is 0 Å². The van der Waals surface area contributed by atoms with E-state index < -0.39 is 0 Å². The molecule has 0 atom stereocenters. The molecule has 274 valence electrons. The summed E-state index contributed by atoms with van der Waals surface area (Å²) in [6.45, 7) is 17.6. The van der Waals surface area contributed by atoms with Crippen molar-refractivity contribution in [3.63, 3.8) is 0 Å². The van der Waals surface area contributed by atoms with Gasteiger partial charge in [0.05, 0.1) is 22.8 Å². The van der Waals surface area contributed by atoms with Gasteiger partial charge in [-0.05, 0) is 171 Å². The molecular weight excluding hydrogens is 681 g/mol. The molecule has 0 fully saturated rings. The molecule has 2 aliphatic heterocycles. The molecule has 2 N–H and O–H groups in total. The Kier molecular flexibility index (Phi) is 8.58. The second-order valence-corrected chi connectivity index (χ2v) is 15.5. The lowest BCUT2D eigenvalue weighted by atomic mass is 9.95. The largest absolute Gasteiger partial charge is 0.354 e. The number of fused-ring (bicyclic) bond motifs is 8. The summed E-state index contributed by atoms with van der Waals surface area (Å²) >= 11 is 0. The minimum Gasteiger partial charge on any atom is -0.354 e. The zero-order valence-corrected chi connectivity index (χ0v) is 33.4. The van der Waals surface area contributed by atoms with Crippen molar-refractivity contribution in [1.29, 1.82) is 0 Å². The average Bonchev–Trinajstić information content (AvgIpc) is 4.03. The first-order chi connectivity index (χ1) is 27.1. The van der Waals surface area contributed by atoms with Crippen molar-refractivity contribution >= 4 is 46.4 Å². The van der Waals surface area contributed by atoms with E-state index >= 15 is 0 Å². The normalized spacial score (nSPS) is 12.1. The highest BCUT2D eigenvalue weighted by atomic mass is 14.8. The maximum Gasteiger partial charge on any atom is 0.0737 e. The van der Waals surface area contributed by atoms with Crippen LogP contribution in [0, 0.1) is 55.4 Å². The van der Waals surface area contributed by atoms with Gasteiger partial charge in [0.2, 0.25) is 0 Å². The van der Waals surface area contributed by atoms with E-state index in [2.05, 4.69) is 187 Å². The summed E-state index contributed by atoms with van der Waals surface area (Å²) in [6.07, 6.45) is 8.75. The molecule has 0 radical (unpaired) electrons. The van der Waals surface area contributed by atoms with Crippen molar-refractivity contribution in [1.82, 2.24) is 19.9 Å². The van der Waals surface area contributed by atoms with Gasteiger partial charge in [0.15, 0.2) is 0 Å². The van der Waals surface area contributed by atoms with Crippen molar-refractivity contribution < 1.29 is 0 Å². The number of aryl methyl sites for hydroxylation is 4. The zero-order chi connectivity index (χ0) is 38.8. The van der Waals surface area contributed by atoms with E-state index in [1.165, 1.54) is 44.5 Å². The Bertz CT molecular complexity index is 2600. The van der Waals surface area contributed by atoms with E-state index in [4.69, 9.17) is 9.97 Å². The quantitative estimate of drug-likeness (QED) is 0.190. The molecule has 8 bridgehead atoms. The second kappa shape index (κ2) is 13.6. The Morgan fingerprint density at radius 1 is 0.304 bits per heavy atom. The number of hydrogen-bond donors (Lipinski definition) is 2. The summed E-state index contributed by atoms with van der Waals surface area (Å²) in [5.74, 6) is 0. The van der Waals surface area contributed by atoms with Crippen LogP contribution >= 0.6 is 0 Å². The highest BCUT2D eigenvalue weighted by Crippen LogP contribution is 2.41. The van der Waals surface area contributed by atoms with E-state index in [0.717, 1.165) is 89.4 Å². The number of aromatic amines is 2. The minimum absolute atomic E-state index is 0.924. The van der Waals surface area contributed by atoms with Gasteiger partial charge in [0.1, 0.15) is 0 Å². The molecule has 9 rings (SSSR count). The van der Waals surface area contributed by atoms with E-state index in [9.17, 15) is 0 Å². The summed E-state index contributed by atoms with van der Waals surface area (Å²) < 4.78 is 0. The Morgan fingerprint density at radius 2 is 0.536 bits per heavy atom. The minimum atomic E-state index is 0.924. The number of nitrogens with zero attached hydrogens (tertiary/aromatic N) is 2. The fourth-order valence-electron chi connectivity index (χ4n) is 8.43. The van der Waals surface area contributed by atoms with Crippen LogP contribution in [-0.2, 0) is 0 Å². The van der Waals surface area contributed by atoms with E-state index in [0.29, 0.717) is 0 Å². The average molecular weight is 727 g/mol. The van der Waals surface area contributed by atoms with Gasteiger partial charge in [-0.15, -0.1) is 0 Å². The third-order valence-electron chi connectivity index (χ3n) is 12.2. The molecule has 7 aromatic rings. The lowest BCUT2D eigenvalue weighted by Crippen LogP contribution is -1.94. The van der Waals surface area contributed by atoms with Crippen LogP contribution in [-0.4, -0.2) is 19.9 Å². The van der Waals surface area contributed by atoms with Gasteiger partial charge in [-0.25, -0.2) is 9.97 Å². The van der Waals surface area contributed by atoms with Crippen LogP contribution < -0.4 is 0 Å². The molecular formula is C52H46N4. The zero-order valence-electron chi connectivity index (χ0n) is 33.4. The van der Waals surface area contributed by atoms with Crippen molar-refractivity contribution in [2.24, 2.45) is 0 Å². The molecule has 4 heteroatoms. The molecule has 0 saturated carbocycles. The van der Waals surface area contributed by atoms with Gasteiger partial charge in [-0.3, -0.25) is 0 Å². The summed E-state index contributed by atoms with van der Waals surface area (Å²) in [5, 5.41) is 0. The van der Waals surface area contributed by atoms with Gasteiger partial charge < -0.3 is 9.97 Å². The van der Waals surface area contributed by atoms with Gasteiger partial charge >= 0.3 is 0 Å². The smallest absolute Gasteiger partial charge is 0.0737 e. The first-order valence-corrected chi connectivity index (χ1v) is 19.5. The lowest BCUT2D eigenvalue weighted by Gasteiger charge is -2.12. The van der Waals surface area contributed by atoms with Crippen LogP contribution in [0.15, 0.2) is 97.1 Å². The lowest BCUT2D eigenvalue weighted by molar-refractivity contribution is 1.28. The number of H-pyrrole nitrogens is 2. The first-order valence-electron chi connectivity index (χ1n) is 19.5. The predicted octanol–water partition coefficient (Wildman–Crippen LogP) is 13.8. The van der Waals surface area contributed by atoms with Gasteiger partial charge in [-0.1, -0.05) is 72.8 Å². The third-order valence-corrected chi connectivity index (χ3v) is 12.2. The second-order valence-electron chi connectivity index (χ2n) is 15.5. The predicted molar refractivity (Wildman–Crippen MR) is 238 cm³/mol. The van der Waals surface area contributed by atoms with Crippen LogP contribution in [0.1, 0.15) is 67.3 Å². The molecule has 5 heterocycles. The molecule has 56 heavy (non-hydrogen) atoms. The van der Waals surface area contributed by atoms with Crippen molar-refractivity contribution in [2.75, 3.05) is 0 Å². The summed E-state index contributed by atoms with van der Waals surface area (Å²) in [5.41, 5.74) is 26.6. The number of rotatable bonds is 4. The number of nitrogens with one attached hydrogen (secondary N) is 2. The number of benzene rings is 4. The summed E-state index contributed by atoms with van der Waals surface area (Å²) in [4.78, 5) is 18.9. The number of aromatic nitrogens is 4. The molecule has 0 unspecified atom stereocenters. The van der Waals surface area contributed by atoms with Crippen molar-refractivity contribution in [3.8, 4) is 44.5 Å². The molecule has 0 amide bonds. The highest BCUT2D eigenvalue weighted by molar-refractivity contribution is 6.01. The fourth-order valence-corrected chi connectivity index (χ4v) is 8.43. The molecule has 0 saturated heterocycles. The SMILES string of the molecule is Cc1cccc(-c2c3nc(c(-c4cccc(C)c4C)c4ccc([nH]4)c(-c4cccc(C)c4C)c4nc(c(-c5cccc(C)c5C)c5ccc2[nH]5)C=C4)C=C3)c1C. The Hall–Kier alpha value is -6.52. The number of hydrogen-bond acceptors (Lipinski definition) is 2. The van der Waals surface area contributed by atoms with Gasteiger partial charge in [0, 0.05) is 44.3 Å². The van der Waals surface area contributed by atoms with E-state index in [1.807, 2.05) is 0 Å². The standard InChI is InChI=1S/C52H46N4/c1-29-13-9-17-37(33(29)5)49-41-21-23-43(53-41)50(38-18-10-14-30(2)34(38)6)45-25-27-47(55-45)52(40-20-12-16-32(4)36(40)8)48-28-26-46(56-48)51(44-24-22-42(49)54-44)39-19-11-15-31(3)35(39)7/h9-28,53,56H,1-8H3. The molecule has 4 aromatic carbocycles. The molecule has 4 nitrogen and oxygen atoms in total. The van der Waals surface area contributed by atoms with Crippen LogP contribution in [0.4, 0.5) is 0 Å². The molecule has 2 aliphatic rings. The first kappa shape index (κ1) is 35.2. The Balaban J connectivity index is 1.52. The molecule has 0 spiro atoms. The maximum atomic E-state index is 5.54. The van der Waals surface area contributed by atoms with Crippen LogP contribution in [0.2, 0.25) is 0 Å². The molecule has 0 aliphatic carbocycles. The van der Waals surface area contributed by atoms with Crippen molar-refractivity contribution in [2.45, 2.75) is 55.4 Å². The molecule has 3 aromatic heterocycles. The maximum absolute atomic E-state index is 5.54. The van der Waals surface area contributed by atoms with Gasteiger partial charge in [0.25, 0.3) is 0 Å². The van der Waals surface area contributed by atoms with Crippen LogP contribution in [0.25, 0.3) is 90.9 Å². The monoisotopic (exact) mass is 726 g/mol. The summed E-state index contributed by atoms with van der Waals surface area (Å²) in [7, 11) is 0. The van der Waals surface area contributed by atoms with Crippen LogP contribution in [0.5, 0.6) is 0 Å². The van der Waals surface area contributed by atoms with E-state index in [1.54, 1.807) is 0 Å². The Labute approximate surface area is 329 Å². The van der Waals surface area contributed by atoms with Crippen LogP contribution in [0.3, 0.4) is 0 Å². The van der Waals surface area contributed by atoms with Gasteiger partial charge in [-0.2, -0.15) is 0 Å². The third kappa shape index (κ3) is 5.76. The fraction of sp³-hybridized carbons (Fsp3) is 0.154. The highest BCUT2D eigenvalue weighted by Gasteiger charge is 2.21. The Morgan fingerprint density at radius 3 is 0.768 bits per heavy atom.